The lowest BCUT2D eigenvalue weighted by Gasteiger charge is -2.33. The van der Waals surface area contributed by atoms with Gasteiger partial charge in [0.25, 0.3) is 5.91 Å². The summed E-state index contributed by atoms with van der Waals surface area (Å²) in [6, 6.07) is 13.8. The minimum absolute atomic E-state index is 0.0205. The Balaban J connectivity index is 1.15. The minimum Gasteiger partial charge on any atom is -0.341 e. The second-order valence-electron chi connectivity index (χ2n) is 9.35. The zero-order valence-corrected chi connectivity index (χ0v) is 17.5. The van der Waals surface area contributed by atoms with E-state index >= 15 is 0 Å². The molecular formula is C25H29N3O2. The van der Waals surface area contributed by atoms with Crippen LogP contribution in [0.1, 0.15) is 72.5 Å². The predicted octanol–water partition coefficient (Wildman–Crippen LogP) is 3.87. The zero-order valence-electron chi connectivity index (χ0n) is 17.5. The van der Waals surface area contributed by atoms with Crippen LogP contribution < -0.4 is 5.32 Å². The Morgan fingerprint density at radius 2 is 1.77 bits per heavy atom. The third-order valence-electron chi connectivity index (χ3n) is 7.26. The van der Waals surface area contributed by atoms with Crippen LogP contribution in [0.5, 0.6) is 0 Å². The molecule has 5 heteroatoms. The average molecular weight is 404 g/mol. The van der Waals surface area contributed by atoms with Crippen LogP contribution in [0.3, 0.4) is 0 Å². The number of nitrogens with one attached hydrogen (secondary N) is 1. The molecule has 2 amide bonds. The van der Waals surface area contributed by atoms with E-state index in [-0.39, 0.29) is 11.8 Å². The lowest BCUT2D eigenvalue weighted by atomic mass is 9.93. The Hall–Kier alpha value is -2.69. The van der Waals surface area contributed by atoms with E-state index in [2.05, 4.69) is 34.6 Å². The number of pyridine rings is 1. The third-order valence-corrected chi connectivity index (χ3v) is 7.26. The fourth-order valence-corrected chi connectivity index (χ4v) is 4.84. The molecule has 3 fully saturated rings. The van der Waals surface area contributed by atoms with Gasteiger partial charge >= 0.3 is 0 Å². The van der Waals surface area contributed by atoms with Crippen LogP contribution in [-0.2, 0) is 4.79 Å². The van der Waals surface area contributed by atoms with Gasteiger partial charge in [-0.3, -0.25) is 14.6 Å². The summed E-state index contributed by atoms with van der Waals surface area (Å²) in [5.74, 6) is 0.738. The lowest BCUT2D eigenvalue weighted by molar-refractivity contribution is -0.134. The minimum atomic E-state index is -0.517. The van der Waals surface area contributed by atoms with Crippen molar-refractivity contribution in [3.63, 3.8) is 0 Å². The normalized spacial score (nSPS) is 24.9. The van der Waals surface area contributed by atoms with Gasteiger partial charge in [0, 0.05) is 30.9 Å². The quantitative estimate of drug-likeness (QED) is 0.824. The molecule has 156 valence electrons. The lowest BCUT2D eigenvalue weighted by Crippen LogP contribution is -2.49. The smallest absolute Gasteiger partial charge is 0.253 e. The van der Waals surface area contributed by atoms with Crippen molar-refractivity contribution in [3.8, 4) is 0 Å². The van der Waals surface area contributed by atoms with E-state index in [0.29, 0.717) is 22.8 Å². The second kappa shape index (κ2) is 7.53. The molecule has 5 rings (SSSR count). The molecule has 3 atom stereocenters. The molecule has 2 unspecified atom stereocenters. The summed E-state index contributed by atoms with van der Waals surface area (Å²) in [5, 5.41) is 2.86. The average Bonchev–Trinajstić information content (AvgIpc) is 3.71. The highest BCUT2D eigenvalue weighted by Gasteiger charge is 2.45. The van der Waals surface area contributed by atoms with Crippen molar-refractivity contribution >= 4 is 11.8 Å². The third kappa shape index (κ3) is 3.85. The number of hydrogen-bond donors (Lipinski definition) is 1. The molecule has 1 saturated heterocycles. The second-order valence-corrected chi connectivity index (χ2v) is 9.35. The van der Waals surface area contributed by atoms with Crippen LogP contribution in [0.2, 0.25) is 0 Å². The fraction of sp³-hybridized carbons (Fsp3) is 0.480. The van der Waals surface area contributed by atoms with Crippen molar-refractivity contribution in [1.82, 2.24) is 15.2 Å². The maximum Gasteiger partial charge on any atom is 0.253 e. The first kappa shape index (κ1) is 19.3. The first-order valence-electron chi connectivity index (χ1n) is 11.2. The number of likely N-dealkylation sites (tertiary alicyclic amines) is 1. The first-order valence-corrected chi connectivity index (χ1v) is 11.2. The Morgan fingerprint density at radius 1 is 1.03 bits per heavy atom. The van der Waals surface area contributed by atoms with Gasteiger partial charge in [0.1, 0.15) is 6.04 Å². The van der Waals surface area contributed by atoms with Gasteiger partial charge in [0.05, 0.1) is 5.56 Å². The summed E-state index contributed by atoms with van der Waals surface area (Å²) in [5.41, 5.74) is 3.43. The molecule has 5 nitrogen and oxygen atoms in total. The first-order chi connectivity index (χ1) is 14.5. The Morgan fingerprint density at radius 3 is 2.40 bits per heavy atom. The number of carbonyl (C=O) groups is 2. The molecular weight excluding hydrogens is 374 g/mol. The van der Waals surface area contributed by atoms with E-state index in [1.165, 1.54) is 18.4 Å². The Labute approximate surface area is 177 Å². The van der Waals surface area contributed by atoms with Crippen LogP contribution in [0.25, 0.3) is 0 Å². The fourth-order valence-electron chi connectivity index (χ4n) is 4.84. The number of aromatic nitrogens is 1. The highest BCUT2D eigenvalue weighted by Crippen LogP contribution is 2.54. The van der Waals surface area contributed by atoms with Gasteiger partial charge in [-0.2, -0.15) is 0 Å². The number of nitrogens with zero attached hydrogens (tertiary/aromatic N) is 2. The van der Waals surface area contributed by atoms with E-state index in [4.69, 9.17) is 0 Å². The molecule has 1 aromatic carbocycles. The molecule has 1 aromatic heterocycles. The van der Waals surface area contributed by atoms with E-state index in [9.17, 15) is 9.59 Å². The molecule has 1 N–H and O–H groups in total. The summed E-state index contributed by atoms with van der Waals surface area (Å²) in [6.45, 7) is 3.41. The van der Waals surface area contributed by atoms with Gasteiger partial charge in [0.15, 0.2) is 0 Å². The van der Waals surface area contributed by atoms with Gasteiger partial charge < -0.3 is 10.2 Å². The number of piperidine rings is 1. The number of rotatable bonds is 5. The van der Waals surface area contributed by atoms with Crippen LogP contribution in [0.15, 0.2) is 48.7 Å². The van der Waals surface area contributed by atoms with Gasteiger partial charge in [0.2, 0.25) is 5.91 Å². The summed E-state index contributed by atoms with van der Waals surface area (Å²) in [4.78, 5) is 31.8. The van der Waals surface area contributed by atoms with E-state index < -0.39 is 6.04 Å². The Kier molecular flexibility index (Phi) is 4.84. The summed E-state index contributed by atoms with van der Waals surface area (Å²) in [7, 11) is 0. The summed E-state index contributed by atoms with van der Waals surface area (Å²) in [6.07, 6.45) is 7.59. The Bertz CT molecular complexity index is 927. The standard InChI is InChI=1S/C25H29N3O2/c1-17(24(30)28-13-11-25(9-10-25)12-14-28)27-23(29)19-7-8-22(26-16-19)21-15-20(21)18-5-3-2-4-6-18/h2-8,16-17,20-21H,9-15H2,1H3,(H,27,29)/t17-,20?,21?/m1/s1. The number of benzene rings is 1. The largest absolute Gasteiger partial charge is 0.341 e. The molecule has 0 radical (unpaired) electrons. The van der Waals surface area contributed by atoms with Crippen molar-refractivity contribution in [3.05, 3.63) is 65.5 Å². The van der Waals surface area contributed by atoms with Crippen molar-refractivity contribution in [2.24, 2.45) is 5.41 Å². The molecule has 2 aliphatic carbocycles. The summed E-state index contributed by atoms with van der Waals surface area (Å²) >= 11 is 0. The van der Waals surface area contributed by atoms with Crippen LogP contribution in [-0.4, -0.2) is 40.8 Å². The predicted molar refractivity (Wildman–Crippen MR) is 115 cm³/mol. The van der Waals surface area contributed by atoms with E-state index in [1.54, 1.807) is 13.1 Å². The van der Waals surface area contributed by atoms with Crippen LogP contribution in [0, 0.1) is 5.41 Å². The molecule has 0 bridgehead atoms. The topological polar surface area (TPSA) is 62.3 Å². The molecule has 3 aliphatic rings. The maximum absolute atomic E-state index is 12.7. The number of carbonyl (C=O) groups excluding carboxylic acids is 2. The SMILES string of the molecule is C[C@@H](NC(=O)c1ccc(C2CC2c2ccccc2)nc1)C(=O)N1CCC2(CC1)CC2. The maximum atomic E-state index is 12.7. The molecule has 2 saturated carbocycles. The summed E-state index contributed by atoms with van der Waals surface area (Å²) < 4.78 is 0. The van der Waals surface area contributed by atoms with Gasteiger partial charge in [-0.15, -0.1) is 0 Å². The van der Waals surface area contributed by atoms with Gasteiger partial charge in [-0.1, -0.05) is 30.3 Å². The highest BCUT2D eigenvalue weighted by atomic mass is 16.2. The molecule has 1 aliphatic heterocycles. The van der Waals surface area contributed by atoms with Gasteiger partial charge in [-0.25, -0.2) is 0 Å². The van der Waals surface area contributed by atoms with Crippen LogP contribution >= 0.6 is 0 Å². The molecule has 2 aromatic rings. The van der Waals surface area contributed by atoms with Crippen molar-refractivity contribution in [2.45, 2.75) is 56.9 Å². The molecule has 30 heavy (non-hydrogen) atoms. The van der Waals surface area contributed by atoms with Gasteiger partial charge in [-0.05, 0) is 68.1 Å². The molecule has 1 spiro atoms. The van der Waals surface area contributed by atoms with Crippen molar-refractivity contribution in [1.29, 1.82) is 0 Å². The molecule has 2 heterocycles. The van der Waals surface area contributed by atoms with E-state index in [1.807, 2.05) is 23.1 Å². The monoisotopic (exact) mass is 403 g/mol. The van der Waals surface area contributed by atoms with Crippen molar-refractivity contribution < 1.29 is 9.59 Å². The highest BCUT2D eigenvalue weighted by molar-refractivity contribution is 5.97. The number of amides is 2. The number of hydrogen-bond acceptors (Lipinski definition) is 3. The van der Waals surface area contributed by atoms with E-state index in [0.717, 1.165) is 38.0 Å². The van der Waals surface area contributed by atoms with Crippen LogP contribution in [0.4, 0.5) is 0 Å². The van der Waals surface area contributed by atoms with Crippen molar-refractivity contribution in [2.75, 3.05) is 13.1 Å². The zero-order chi connectivity index (χ0) is 20.7.